The second-order valence-corrected chi connectivity index (χ2v) is 29.0. The van der Waals surface area contributed by atoms with Gasteiger partial charge in [0.15, 0.2) is 57.5 Å². The maximum atomic E-state index is 6.66. The molecule has 15 aromatic carbocycles. The molecule has 10 heterocycles. The number of hydrogen-bond donors (Lipinski definition) is 0. The molecule has 13 heteroatoms. The van der Waals surface area contributed by atoms with Gasteiger partial charge in [-0.25, -0.2) is 0 Å². The molecule has 0 atom stereocenters. The predicted molar refractivity (Wildman–Crippen MR) is 428 cm³/mol. The number of rotatable bonds is 3. The molecule has 15 aromatic rings. The number of anilines is 18. The molecule has 11 nitrogen and oxygen atoms in total. The van der Waals surface area contributed by atoms with Crippen molar-refractivity contribution in [3.8, 4) is 68.6 Å². The number of hydrogen-bond acceptors (Lipinski definition) is 11. The lowest BCUT2D eigenvalue weighted by molar-refractivity contribution is 0.476. The first-order valence-corrected chi connectivity index (χ1v) is 36.3. The molecule has 0 fully saturated rings. The fourth-order valence-corrected chi connectivity index (χ4v) is 18.8. The molecule has 0 N–H and O–H groups in total. The minimum atomic E-state index is -0.112. The van der Waals surface area contributed by atoms with Crippen LogP contribution in [0.5, 0.6) is 57.5 Å². The third-order valence-corrected chi connectivity index (χ3v) is 23.1. The maximum absolute atomic E-state index is 6.66. The Morgan fingerprint density at radius 2 is 0.481 bits per heavy atom. The third kappa shape index (κ3) is 7.76. The Morgan fingerprint density at radius 3 is 0.821 bits per heavy atom. The Bertz CT molecular complexity index is 6070. The molecule has 0 saturated carbocycles. The van der Waals surface area contributed by atoms with Crippen LogP contribution in [-0.2, 0) is 5.41 Å². The first-order chi connectivity index (χ1) is 52.4. The Hall–Kier alpha value is -13.8. The molecule has 10 aliphatic heterocycles. The number of fused-ring (bicyclic) bond motifs is 20. The van der Waals surface area contributed by atoms with E-state index in [2.05, 4.69) is 322 Å². The highest BCUT2D eigenvalue weighted by Gasteiger charge is 2.51. The van der Waals surface area contributed by atoms with Gasteiger partial charge < -0.3 is 53.1 Å². The van der Waals surface area contributed by atoms with Gasteiger partial charge in [0.25, 0.3) is 13.4 Å². The second kappa shape index (κ2) is 21.2. The van der Waals surface area contributed by atoms with Crippen molar-refractivity contribution < 1.29 is 23.7 Å². The highest BCUT2D eigenvalue weighted by Crippen LogP contribution is 2.62. The molecule has 25 rings (SSSR count). The summed E-state index contributed by atoms with van der Waals surface area (Å²) in [6.07, 6.45) is 0. The number of nitrogens with zero attached hydrogens (tertiary/aromatic N) is 6. The van der Waals surface area contributed by atoms with Gasteiger partial charge >= 0.3 is 0 Å². The van der Waals surface area contributed by atoms with Crippen molar-refractivity contribution in [3.05, 3.63) is 327 Å². The van der Waals surface area contributed by atoms with E-state index in [1.165, 1.54) is 55.3 Å². The molecule has 0 amide bonds. The van der Waals surface area contributed by atoms with E-state index in [1.807, 2.05) is 36.4 Å². The van der Waals surface area contributed by atoms with Gasteiger partial charge in [0.05, 0.1) is 73.9 Å². The average Bonchev–Trinajstić information content (AvgIpc) is 0.688. The number of benzene rings is 15. The summed E-state index contributed by atoms with van der Waals surface area (Å²) in [4.78, 5) is 14.5. The Balaban J connectivity index is 0.000000127. The standard InChI is InChI=1S/C51H34BN3O2.C42H24BN3O3/c1-51(2)34-13-3-5-17-38(34)53(39-18-6-4-14-35(39)51)33-27-25-31(26-28-33)32-29-42-48-43(30-32)55-41-20-8-10-22-45(41)57-47-24-12-16-37(50(47)55)52(48)36-15-11-23-46-49(36)54(42)40-19-7-9-21-44(40)56-46;1-5-17-34-28(13-1)44(29-14-2-6-18-35(29)47-34)25-23-32-40-33(24-25)46-31-16-4-8-20-37(31)49-39-22-10-12-27(42(39)46)43(40)26-11-9-21-38-41(26)45(32)30-15-3-7-19-36(30)48-38/h3-30H,1-2H3;1-24H. The van der Waals surface area contributed by atoms with Gasteiger partial charge in [0.1, 0.15) is 0 Å². The van der Waals surface area contributed by atoms with Crippen LogP contribution < -0.4 is 85.9 Å². The summed E-state index contributed by atoms with van der Waals surface area (Å²) < 4.78 is 33.0. The van der Waals surface area contributed by atoms with Crippen LogP contribution in [0.1, 0.15) is 25.0 Å². The van der Waals surface area contributed by atoms with Crippen molar-refractivity contribution >= 4 is 149 Å². The zero-order chi connectivity index (χ0) is 69.4. The summed E-state index contributed by atoms with van der Waals surface area (Å²) in [6, 6.07) is 112. The van der Waals surface area contributed by atoms with Crippen LogP contribution in [0.3, 0.4) is 0 Å². The van der Waals surface area contributed by atoms with Crippen molar-refractivity contribution in [1.29, 1.82) is 0 Å². The van der Waals surface area contributed by atoms with Crippen LogP contribution in [0.2, 0.25) is 0 Å². The molecular formula is C93H58B2N6O5. The van der Waals surface area contributed by atoms with E-state index in [4.69, 9.17) is 23.7 Å². The van der Waals surface area contributed by atoms with Crippen molar-refractivity contribution in [3.63, 3.8) is 0 Å². The zero-order valence-corrected chi connectivity index (χ0v) is 57.4. The summed E-state index contributed by atoms with van der Waals surface area (Å²) in [6.45, 7) is 4.61. The normalized spacial score (nSPS) is 14.8. The number of para-hydroxylation sites is 18. The molecule has 0 radical (unpaired) electrons. The summed E-state index contributed by atoms with van der Waals surface area (Å²) in [5.74, 6) is 8.45. The van der Waals surface area contributed by atoms with Gasteiger partial charge in [-0.05, 0) is 201 Å². The summed E-state index contributed by atoms with van der Waals surface area (Å²) >= 11 is 0. The van der Waals surface area contributed by atoms with E-state index < -0.39 is 0 Å². The minimum Gasteiger partial charge on any atom is -0.453 e. The van der Waals surface area contributed by atoms with E-state index >= 15 is 0 Å². The quantitative estimate of drug-likeness (QED) is 0.159. The van der Waals surface area contributed by atoms with E-state index in [9.17, 15) is 0 Å². The van der Waals surface area contributed by atoms with E-state index in [1.54, 1.807) is 0 Å². The SMILES string of the molecule is CC1(C)c2ccccc2N(c2ccc(-c3cc4c5c(c3)N3c6ccccc6Oc6cccc(c63)B5c3cccc5c3N4c3ccccc3O5)cc2)c2ccccc21.c1ccc2c(c1)Oc1ccccc1N2c1cc2c3c(c1)N1c4ccccc4Oc4cccc(c41)B3c1cccc3c1N2c1ccccc1O3. The molecule has 0 bridgehead atoms. The summed E-state index contributed by atoms with van der Waals surface area (Å²) in [5, 5.41) is 0. The summed E-state index contributed by atoms with van der Waals surface area (Å²) in [5.41, 5.74) is 31.9. The highest BCUT2D eigenvalue weighted by molar-refractivity contribution is 7.01. The van der Waals surface area contributed by atoms with Crippen molar-refractivity contribution in [2.75, 3.05) is 29.4 Å². The predicted octanol–water partition coefficient (Wildman–Crippen LogP) is 21.3. The molecule has 0 unspecified atom stereocenters. The molecule has 10 aliphatic rings. The smallest absolute Gasteiger partial charge is 0.252 e. The van der Waals surface area contributed by atoms with Crippen LogP contribution in [-0.4, -0.2) is 13.4 Å². The monoisotopic (exact) mass is 1360 g/mol. The minimum absolute atomic E-state index is 0.0185. The molecule has 106 heavy (non-hydrogen) atoms. The number of ether oxygens (including phenoxy) is 5. The molecule has 496 valence electrons. The Labute approximate surface area is 612 Å². The van der Waals surface area contributed by atoms with Gasteiger partial charge in [0, 0.05) is 33.9 Å². The molecule has 0 aromatic heterocycles. The van der Waals surface area contributed by atoms with Crippen molar-refractivity contribution in [1.82, 2.24) is 0 Å². The van der Waals surface area contributed by atoms with E-state index in [0.717, 1.165) is 160 Å². The fraction of sp³-hybridized carbons (Fsp3) is 0.0323. The largest absolute Gasteiger partial charge is 0.453 e. The van der Waals surface area contributed by atoms with Gasteiger partial charge in [0.2, 0.25) is 0 Å². The Morgan fingerprint density at radius 1 is 0.217 bits per heavy atom. The topological polar surface area (TPSA) is 65.6 Å². The van der Waals surface area contributed by atoms with Crippen LogP contribution >= 0.6 is 0 Å². The average molecular weight is 1360 g/mol. The van der Waals surface area contributed by atoms with Gasteiger partial charge in [-0.3, -0.25) is 0 Å². The highest BCUT2D eigenvalue weighted by atomic mass is 16.5. The van der Waals surface area contributed by atoms with Crippen LogP contribution in [0.15, 0.2) is 315 Å². The Kier molecular flexibility index (Phi) is 11.6. The molecular weight excluding hydrogens is 1300 g/mol. The van der Waals surface area contributed by atoms with Crippen LogP contribution in [0.25, 0.3) is 11.1 Å². The van der Waals surface area contributed by atoms with Crippen LogP contribution in [0.4, 0.5) is 102 Å². The lowest BCUT2D eigenvalue weighted by Gasteiger charge is -2.47. The van der Waals surface area contributed by atoms with Gasteiger partial charge in [-0.2, -0.15) is 0 Å². The maximum Gasteiger partial charge on any atom is 0.252 e. The zero-order valence-electron chi connectivity index (χ0n) is 57.4. The van der Waals surface area contributed by atoms with Crippen molar-refractivity contribution in [2.24, 2.45) is 0 Å². The second-order valence-electron chi connectivity index (χ2n) is 29.0. The third-order valence-electron chi connectivity index (χ3n) is 23.1. The lowest BCUT2D eigenvalue weighted by atomic mass is 9.33. The molecule has 0 aliphatic carbocycles. The van der Waals surface area contributed by atoms with Gasteiger partial charge in [-0.15, -0.1) is 0 Å². The fourth-order valence-electron chi connectivity index (χ4n) is 18.8. The molecule has 0 spiro atoms. The van der Waals surface area contributed by atoms with Gasteiger partial charge in [-0.1, -0.05) is 184 Å². The lowest BCUT2D eigenvalue weighted by Crippen LogP contribution is -2.61. The van der Waals surface area contributed by atoms with Crippen molar-refractivity contribution in [2.45, 2.75) is 19.3 Å². The van der Waals surface area contributed by atoms with Crippen LogP contribution in [0, 0.1) is 0 Å². The first-order valence-electron chi connectivity index (χ1n) is 36.3. The molecule has 0 saturated heterocycles. The van der Waals surface area contributed by atoms with E-state index in [0.29, 0.717) is 0 Å². The first kappa shape index (κ1) is 57.8. The van der Waals surface area contributed by atoms with E-state index in [-0.39, 0.29) is 18.8 Å². The summed E-state index contributed by atoms with van der Waals surface area (Å²) in [7, 11) is 0.